The molecule has 0 aliphatic carbocycles. The van der Waals surface area contributed by atoms with E-state index in [1.165, 1.54) is 6.07 Å². The Morgan fingerprint density at radius 2 is 1.75 bits per heavy atom. The fourth-order valence-corrected chi connectivity index (χ4v) is 4.73. The molecule has 2 aliphatic rings. The third kappa shape index (κ3) is 3.30. The second kappa shape index (κ2) is 7.32. The van der Waals surface area contributed by atoms with Gasteiger partial charge in [0.05, 0.1) is 11.5 Å². The largest absolute Gasteiger partial charge is 0.419 e. The van der Waals surface area contributed by atoms with Crippen LogP contribution in [0.25, 0.3) is 21.9 Å². The summed E-state index contributed by atoms with van der Waals surface area (Å²) in [7, 11) is 0. The average molecular weight is 442 g/mol. The minimum absolute atomic E-state index is 0.0326. The van der Waals surface area contributed by atoms with Crippen LogP contribution in [-0.4, -0.2) is 36.3 Å². The number of carbonyl (C=O) groups excluding carboxylic acids is 2. The van der Waals surface area contributed by atoms with E-state index >= 15 is 0 Å². The molecule has 0 bridgehead atoms. The number of nitrogens with zero attached hydrogens (tertiary/aromatic N) is 1. The van der Waals surface area contributed by atoms with Gasteiger partial charge in [-0.25, -0.2) is 4.39 Å². The maximum absolute atomic E-state index is 14.2. The molecule has 2 amide bonds. The summed E-state index contributed by atoms with van der Waals surface area (Å²) in [5, 5.41) is 4.07. The summed E-state index contributed by atoms with van der Waals surface area (Å²) in [5.41, 5.74) is -0.0568. The number of benzene rings is 3. The molecule has 0 spiro atoms. The Hall–Kier alpha value is -3.42. The van der Waals surface area contributed by atoms with E-state index < -0.39 is 17.6 Å². The van der Waals surface area contributed by atoms with Crippen LogP contribution in [0.2, 0.25) is 0 Å². The monoisotopic (exact) mass is 442 g/mol. The molecule has 0 aromatic heterocycles. The maximum atomic E-state index is 14.2. The van der Waals surface area contributed by atoms with Crippen LogP contribution in [0.3, 0.4) is 0 Å². The summed E-state index contributed by atoms with van der Waals surface area (Å²) in [4.78, 5) is 26.9. The number of hydrogen-bond acceptors (Lipinski definition) is 2. The van der Waals surface area contributed by atoms with Crippen molar-refractivity contribution in [1.29, 1.82) is 0 Å². The first-order valence-corrected chi connectivity index (χ1v) is 10.2. The Morgan fingerprint density at radius 3 is 2.47 bits per heavy atom. The Labute approximate surface area is 180 Å². The van der Waals surface area contributed by atoms with E-state index in [0.29, 0.717) is 41.5 Å². The molecule has 2 heterocycles. The van der Waals surface area contributed by atoms with E-state index in [1.807, 2.05) is 0 Å². The maximum Gasteiger partial charge on any atom is 0.419 e. The zero-order chi connectivity index (χ0) is 22.6. The van der Waals surface area contributed by atoms with Crippen molar-refractivity contribution in [2.45, 2.75) is 6.18 Å². The normalized spacial score (nSPS) is 20.5. The predicted molar refractivity (Wildman–Crippen MR) is 110 cm³/mol. The number of likely N-dealkylation sites (tertiary alicyclic amines) is 1. The quantitative estimate of drug-likeness (QED) is 0.595. The highest BCUT2D eigenvalue weighted by molar-refractivity contribution is 6.10. The van der Waals surface area contributed by atoms with Crippen LogP contribution in [-0.2, 0) is 11.0 Å². The lowest BCUT2D eigenvalue weighted by atomic mass is 9.94. The number of hydrogen-bond donors (Lipinski definition) is 1. The Kier molecular flexibility index (Phi) is 4.69. The number of amides is 2. The third-order valence-electron chi connectivity index (χ3n) is 6.34. The second-order valence-corrected chi connectivity index (χ2v) is 8.22. The van der Waals surface area contributed by atoms with Crippen LogP contribution in [0.4, 0.5) is 17.6 Å². The fourth-order valence-electron chi connectivity index (χ4n) is 4.73. The molecular weight excluding hydrogens is 424 g/mol. The third-order valence-corrected chi connectivity index (χ3v) is 6.34. The van der Waals surface area contributed by atoms with Gasteiger partial charge in [-0.1, -0.05) is 36.4 Å². The molecule has 3 aromatic carbocycles. The molecule has 2 fully saturated rings. The number of halogens is 4. The van der Waals surface area contributed by atoms with Crippen LogP contribution >= 0.6 is 0 Å². The molecule has 0 unspecified atom stereocenters. The van der Waals surface area contributed by atoms with E-state index in [9.17, 15) is 27.2 Å². The molecule has 3 aromatic rings. The first-order valence-electron chi connectivity index (χ1n) is 10.2. The van der Waals surface area contributed by atoms with Gasteiger partial charge >= 0.3 is 6.18 Å². The van der Waals surface area contributed by atoms with Crippen molar-refractivity contribution in [3.8, 4) is 11.1 Å². The predicted octanol–water partition coefficient (Wildman–Crippen LogP) is 4.48. The number of rotatable bonds is 2. The molecular formula is C24H18F4N2O2. The topological polar surface area (TPSA) is 49.4 Å². The van der Waals surface area contributed by atoms with Gasteiger partial charge in [0.25, 0.3) is 5.91 Å². The summed E-state index contributed by atoms with van der Waals surface area (Å²) >= 11 is 0. The molecule has 164 valence electrons. The summed E-state index contributed by atoms with van der Waals surface area (Å²) in [6, 6.07) is 13.1. The minimum Gasteiger partial charge on any atom is -0.355 e. The van der Waals surface area contributed by atoms with E-state index in [2.05, 4.69) is 5.32 Å². The molecule has 1 N–H and O–H groups in total. The number of nitrogens with one attached hydrogen (secondary N) is 1. The highest BCUT2D eigenvalue weighted by atomic mass is 19.4. The first-order chi connectivity index (χ1) is 15.2. The average Bonchev–Trinajstić information content (AvgIpc) is 3.33. The second-order valence-electron chi connectivity index (χ2n) is 8.22. The van der Waals surface area contributed by atoms with Crippen LogP contribution in [0.15, 0.2) is 54.6 Å². The SMILES string of the molecule is O=C1NC[C@H]2CN(C(=O)c3cccc4c(-c5ccc(C(F)(F)F)c(F)c5)cccc34)C[C@@H]12. The molecule has 0 radical (unpaired) electrons. The summed E-state index contributed by atoms with van der Waals surface area (Å²) < 4.78 is 53.0. The lowest BCUT2D eigenvalue weighted by Crippen LogP contribution is -2.33. The Morgan fingerprint density at radius 1 is 1.00 bits per heavy atom. The van der Waals surface area contributed by atoms with Gasteiger partial charge in [0, 0.05) is 31.1 Å². The van der Waals surface area contributed by atoms with Gasteiger partial charge < -0.3 is 10.2 Å². The van der Waals surface area contributed by atoms with Gasteiger partial charge in [-0.05, 0) is 40.1 Å². The zero-order valence-electron chi connectivity index (χ0n) is 16.7. The summed E-state index contributed by atoms with van der Waals surface area (Å²) in [6.45, 7) is 1.41. The molecule has 0 saturated carbocycles. The highest BCUT2D eigenvalue weighted by Crippen LogP contribution is 2.36. The lowest BCUT2D eigenvalue weighted by Gasteiger charge is -2.19. The Bertz CT molecular complexity index is 1250. The number of fused-ring (bicyclic) bond motifs is 2. The van der Waals surface area contributed by atoms with Crippen molar-refractivity contribution in [2.24, 2.45) is 11.8 Å². The van der Waals surface area contributed by atoms with Gasteiger partial charge in [0.2, 0.25) is 5.91 Å². The smallest absolute Gasteiger partial charge is 0.355 e. The number of carbonyl (C=O) groups is 2. The van der Waals surface area contributed by atoms with Gasteiger partial charge in [0.1, 0.15) is 5.82 Å². The van der Waals surface area contributed by atoms with Crippen molar-refractivity contribution in [3.05, 3.63) is 71.5 Å². The van der Waals surface area contributed by atoms with Crippen LogP contribution in [0.5, 0.6) is 0 Å². The van der Waals surface area contributed by atoms with E-state index in [0.717, 1.165) is 12.1 Å². The molecule has 2 aliphatic heterocycles. The highest BCUT2D eigenvalue weighted by Gasteiger charge is 2.43. The van der Waals surface area contributed by atoms with Crippen molar-refractivity contribution < 1.29 is 27.2 Å². The van der Waals surface area contributed by atoms with E-state index in [-0.39, 0.29) is 29.2 Å². The standard InChI is InChI=1S/C24H18F4N2O2/c25-21-9-13(7-8-20(21)24(26,27)28)15-3-1-5-17-16(15)4-2-6-18(17)23(32)30-11-14-10-29-22(31)19(14)12-30/h1-9,14,19H,10-12H2,(H,29,31)/t14-,19+/m0/s1. The summed E-state index contributed by atoms with van der Waals surface area (Å²) in [5.74, 6) is -1.67. The molecule has 2 saturated heterocycles. The van der Waals surface area contributed by atoms with Gasteiger partial charge in [-0.2, -0.15) is 13.2 Å². The van der Waals surface area contributed by atoms with E-state index in [1.54, 1.807) is 41.3 Å². The van der Waals surface area contributed by atoms with Gasteiger partial charge in [0.15, 0.2) is 0 Å². The molecule has 8 heteroatoms. The van der Waals surface area contributed by atoms with Crippen molar-refractivity contribution >= 4 is 22.6 Å². The van der Waals surface area contributed by atoms with Crippen molar-refractivity contribution in [3.63, 3.8) is 0 Å². The van der Waals surface area contributed by atoms with Crippen molar-refractivity contribution in [2.75, 3.05) is 19.6 Å². The molecule has 32 heavy (non-hydrogen) atoms. The van der Waals surface area contributed by atoms with Gasteiger partial charge in [-0.3, -0.25) is 9.59 Å². The lowest BCUT2D eigenvalue weighted by molar-refractivity contribution is -0.140. The molecule has 4 nitrogen and oxygen atoms in total. The van der Waals surface area contributed by atoms with Crippen LogP contribution in [0.1, 0.15) is 15.9 Å². The van der Waals surface area contributed by atoms with Crippen LogP contribution < -0.4 is 5.32 Å². The first kappa shape index (κ1) is 20.5. The number of alkyl halides is 3. The molecule has 5 rings (SSSR count). The summed E-state index contributed by atoms with van der Waals surface area (Å²) in [6.07, 6.45) is -4.77. The minimum atomic E-state index is -4.77. The van der Waals surface area contributed by atoms with Gasteiger partial charge in [-0.15, -0.1) is 0 Å². The van der Waals surface area contributed by atoms with E-state index in [4.69, 9.17) is 0 Å². The van der Waals surface area contributed by atoms with Crippen LogP contribution in [0, 0.1) is 17.7 Å². The van der Waals surface area contributed by atoms with Crippen molar-refractivity contribution in [1.82, 2.24) is 10.2 Å². The zero-order valence-corrected chi connectivity index (χ0v) is 16.7. The molecule has 2 atom stereocenters. The fraction of sp³-hybridized carbons (Fsp3) is 0.250. The Balaban J connectivity index is 1.53.